The summed E-state index contributed by atoms with van der Waals surface area (Å²) in [6.45, 7) is 4.32. The maximum Gasteiger partial charge on any atom is 0.138 e. The van der Waals surface area contributed by atoms with E-state index in [1.165, 1.54) is 6.07 Å². The van der Waals surface area contributed by atoms with Crippen molar-refractivity contribution in [2.45, 2.75) is 6.54 Å². The van der Waals surface area contributed by atoms with Gasteiger partial charge in [0, 0.05) is 19.6 Å². The van der Waals surface area contributed by atoms with Gasteiger partial charge in [0.15, 0.2) is 0 Å². The third-order valence-corrected chi connectivity index (χ3v) is 2.90. The van der Waals surface area contributed by atoms with E-state index in [9.17, 15) is 4.39 Å². The number of hydrogen-bond donors (Lipinski definition) is 1. The second-order valence-electron chi connectivity index (χ2n) is 4.21. The van der Waals surface area contributed by atoms with Crippen molar-refractivity contribution < 1.29 is 9.13 Å². The van der Waals surface area contributed by atoms with Crippen LogP contribution in [0.4, 0.5) is 4.39 Å². The van der Waals surface area contributed by atoms with Crippen LogP contribution in [-0.4, -0.2) is 37.7 Å². The number of rotatable bonds is 2. The molecule has 1 aliphatic rings. The van der Waals surface area contributed by atoms with E-state index in [4.69, 9.17) is 10.5 Å². The van der Waals surface area contributed by atoms with Crippen molar-refractivity contribution in [1.29, 1.82) is 0 Å². The third-order valence-electron chi connectivity index (χ3n) is 2.90. The van der Waals surface area contributed by atoms with Crippen LogP contribution in [0.2, 0.25) is 0 Å². The first kappa shape index (κ1) is 13.0. The van der Waals surface area contributed by atoms with Crippen LogP contribution in [0, 0.1) is 17.7 Å². The standard InChI is InChI=1S/C14H17FN2O/c15-14-4-3-12(11-16)10-13(14)2-1-5-17-6-8-18-9-7-17/h3-4,10H,5-9,11,16H2. The Bertz CT molecular complexity index is 459. The molecule has 1 aliphatic heterocycles. The molecule has 0 atom stereocenters. The average Bonchev–Trinajstić information content (AvgIpc) is 2.42. The minimum atomic E-state index is -0.290. The first-order valence-electron chi connectivity index (χ1n) is 6.07. The summed E-state index contributed by atoms with van der Waals surface area (Å²) in [5, 5.41) is 0. The van der Waals surface area contributed by atoms with Crippen LogP contribution < -0.4 is 5.73 Å². The first-order valence-corrected chi connectivity index (χ1v) is 6.07. The minimum absolute atomic E-state index is 0.290. The zero-order chi connectivity index (χ0) is 12.8. The summed E-state index contributed by atoms with van der Waals surface area (Å²) in [7, 11) is 0. The first-order chi connectivity index (χ1) is 8.79. The van der Waals surface area contributed by atoms with Crippen molar-refractivity contribution in [3.8, 4) is 11.8 Å². The molecule has 0 aromatic heterocycles. The number of nitrogens with zero attached hydrogens (tertiary/aromatic N) is 1. The van der Waals surface area contributed by atoms with E-state index < -0.39 is 0 Å². The van der Waals surface area contributed by atoms with E-state index >= 15 is 0 Å². The number of hydrogen-bond acceptors (Lipinski definition) is 3. The van der Waals surface area contributed by atoms with Crippen molar-refractivity contribution in [1.82, 2.24) is 4.90 Å². The molecule has 3 nitrogen and oxygen atoms in total. The smallest absolute Gasteiger partial charge is 0.138 e. The molecule has 0 radical (unpaired) electrons. The summed E-state index contributed by atoms with van der Waals surface area (Å²) < 4.78 is 18.7. The van der Waals surface area contributed by atoms with Crippen LogP contribution in [0.5, 0.6) is 0 Å². The Morgan fingerprint density at radius 1 is 1.33 bits per heavy atom. The lowest BCUT2D eigenvalue weighted by Gasteiger charge is -2.24. The highest BCUT2D eigenvalue weighted by Crippen LogP contribution is 2.08. The van der Waals surface area contributed by atoms with Crippen molar-refractivity contribution in [2.75, 3.05) is 32.8 Å². The second-order valence-corrected chi connectivity index (χ2v) is 4.21. The van der Waals surface area contributed by atoms with Crippen LogP contribution in [0.3, 0.4) is 0 Å². The maximum atomic E-state index is 13.5. The topological polar surface area (TPSA) is 38.5 Å². The molecule has 18 heavy (non-hydrogen) atoms. The van der Waals surface area contributed by atoms with Gasteiger partial charge in [0.1, 0.15) is 5.82 Å². The summed E-state index contributed by atoms with van der Waals surface area (Å²) in [6.07, 6.45) is 0. The number of ether oxygens (including phenoxy) is 1. The summed E-state index contributed by atoms with van der Waals surface area (Å²) in [5.41, 5.74) is 6.84. The van der Waals surface area contributed by atoms with Gasteiger partial charge in [-0.25, -0.2) is 4.39 Å². The summed E-state index contributed by atoms with van der Waals surface area (Å²) in [5.74, 6) is 5.58. The fourth-order valence-corrected chi connectivity index (χ4v) is 1.80. The molecule has 2 rings (SSSR count). The Labute approximate surface area is 107 Å². The molecule has 0 bridgehead atoms. The van der Waals surface area contributed by atoms with Crippen LogP contribution >= 0.6 is 0 Å². The fraction of sp³-hybridized carbons (Fsp3) is 0.429. The molecule has 1 aromatic rings. The SMILES string of the molecule is NCc1ccc(F)c(C#CCN2CCOCC2)c1. The third kappa shape index (κ3) is 3.54. The minimum Gasteiger partial charge on any atom is -0.379 e. The van der Waals surface area contributed by atoms with Gasteiger partial charge < -0.3 is 10.5 Å². The predicted octanol–water partition coefficient (Wildman–Crippen LogP) is 0.968. The lowest BCUT2D eigenvalue weighted by Crippen LogP contribution is -2.36. The number of benzene rings is 1. The molecule has 0 unspecified atom stereocenters. The molecule has 96 valence electrons. The van der Waals surface area contributed by atoms with Crippen molar-refractivity contribution in [2.24, 2.45) is 5.73 Å². The van der Waals surface area contributed by atoms with Gasteiger partial charge in [-0.3, -0.25) is 4.90 Å². The normalized spacial score (nSPS) is 16.1. The molecule has 1 aromatic carbocycles. The van der Waals surface area contributed by atoms with Gasteiger partial charge in [-0.2, -0.15) is 0 Å². The van der Waals surface area contributed by atoms with Crippen LogP contribution in [-0.2, 0) is 11.3 Å². The second kappa shape index (κ2) is 6.50. The van der Waals surface area contributed by atoms with Gasteiger partial charge >= 0.3 is 0 Å². The highest BCUT2D eigenvalue weighted by molar-refractivity contribution is 5.38. The van der Waals surface area contributed by atoms with Gasteiger partial charge in [0.05, 0.1) is 25.3 Å². The van der Waals surface area contributed by atoms with E-state index in [-0.39, 0.29) is 5.82 Å². The molecule has 1 saturated heterocycles. The Balaban J connectivity index is 2.00. The number of nitrogens with two attached hydrogens (primary N) is 1. The largest absolute Gasteiger partial charge is 0.379 e. The molecule has 1 fully saturated rings. The Kier molecular flexibility index (Phi) is 4.71. The van der Waals surface area contributed by atoms with Gasteiger partial charge in [-0.05, 0) is 17.7 Å². The maximum absolute atomic E-state index is 13.5. The molecule has 0 amide bonds. The quantitative estimate of drug-likeness (QED) is 0.793. The Morgan fingerprint density at radius 3 is 2.83 bits per heavy atom. The zero-order valence-corrected chi connectivity index (χ0v) is 10.3. The van der Waals surface area contributed by atoms with Crippen LogP contribution in [0.15, 0.2) is 18.2 Å². The molecule has 2 N–H and O–H groups in total. The molecular weight excluding hydrogens is 231 g/mol. The van der Waals surface area contributed by atoms with Crippen molar-refractivity contribution >= 4 is 0 Å². The Hall–Kier alpha value is -1.41. The average molecular weight is 248 g/mol. The van der Waals surface area contributed by atoms with Crippen LogP contribution in [0.25, 0.3) is 0 Å². The van der Waals surface area contributed by atoms with Gasteiger partial charge in [0.25, 0.3) is 0 Å². The van der Waals surface area contributed by atoms with Crippen molar-refractivity contribution in [3.05, 3.63) is 35.1 Å². The van der Waals surface area contributed by atoms with E-state index in [0.29, 0.717) is 18.7 Å². The van der Waals surface area contributed by atoms with E-state index in [1.54, 1.807) is 12.1 Å². The number of morpholine rings is 1. The molecule has 1 heterocycles. The monoisotopic (exact) mass is 248 g/mol. The van der Waals surface area contributed by atoms with E-state index in [0.717, 1.165) is 31.9 Å². The molecule has 0 aliphatic carbocycles. The highest BCUT2D eigenvalue weighted by Gasteiger charge is 2.07. The highest BCUT2D eigenvalue weighted by atomic mass is 19.1. The molecular formula is C14H17FN2O. The lowest BCUT2D eigenvalue weighted by molar-refractivity contribution is 0.0443. The molecule has 0 spiro atoms. The van der Waals surface area contributed by atoms with Gasteiger partial charge in [0.2, 0.25) is 0 Å². The summed E-state index contributed by atoms with van der Waals surface area (Å²) in [6, 6.07) is 4.81. The predicted molar refractivity (Wildman–Crippen MR) is 68.4 cm³/mol. The molecule has 0 saturated carbocycles. The lowest BCUT2D eigenvalue weighted by atomic mass is 10.1. The Morgan fingerprint density at radius 2 is 2.11 bits per heavy atom. The van der Waals surface area contributed by atoms with Crippen LogP contribution in [0.1, 0.15) is 11.1 Å². The van der Waals surface area contributed by atoms with E-state index in [1.807, 2.05) is 0 Å². The number of halogens is 1. The van der Waals surface area contributed by atoms with Gasteiger partial charge in [-0.1, -0.05) is 17.9 Å². The molecule has 4 heteroatoms. The fourth-order valence-electron chi connectivity index (χ4n) is 1.80. The van der Waals surface area contributed by atoms with Crippen molar-refractivity contribution in [3.63, 3.8) is 0 Å². The van der Waals surface area contributed by atoms with Gasteiger partial charge in [-0.15, -0.1) is 0 Å². The summed E-state index contributed by atoms with van der Waals surface area (Å²) in [4.78, 5) is 2.20. The zero-order valence-electron chi connectivity index (χ0n) is 10.3. The van der Waals surface area contributed by atoms with E-state index in [2.05, 4.69) is 16.7 Å². The summed E-state index contributed by atoms with van der Waals surface area (Å²) >= 11 is 0.